The number of hydrogen-bond donors (Lipinski definition) is 0. The summed E-state index contributed by atoms with van der Waals surface area (Å²) in [6.45, 7) is 27.2. The fraction of sp³-hybridized carbons (Fsp3) is 0.846. The first-order chi connectivity index (χ1) is 13.9. The lowest BCUT2D eigenvalue weighted by molar-refractivity contribution is 0.0667. The maximum absolute atomic E-state index is 6.04. The third-order valence-electron chi connectivity index (χ3n) is 4.47. The molecule has 0 radical (unpaired) electrons. The van der Waals surface area contributed by atoms with Gasteiger partial charge in [-0.1, -0.05) is 74.1 Å². The Balaban J connectivity index is 0.000000311. The molecule has 0 fully saturated rings. The smallest absolute Gasteiger partial charge is 0.164 e. The quantitative estimate of drug-likeness (QED) is 0.377. The van der Waals surface area contributed by atoms with Crippen LogP contribution in [0.25, 0.3) is 0 Å². The zero-order valence-corrected chi connectivity index (χ0v) is 25.5. The lowest BCUT2D eigenvalue weighted by Crippen LogP contribution is -2.22. The van der Waals surface area contributed by atoms with Crippen molar-refractivity contribution < 1.29 is 4.74 Å². The summed E-state index contributed by atoms with van der Waals surface area (Å²) in [7, 11) is 0. The molecule has 0 bridgehead atoms. The summed E-state index contributed by atoms with van der Waals surface area (Å²) >= 11 is 8.00. The molecule has 2 heterocycles. The van der Waals surface area contributed by atoms with Gasteiger partial charge in [-0.15, -0.1) is 35.3 Å². The lowest BCUT2D eigenvalue weighted by Gasteiger charge is -2.32. The van der Waals surface area contributed by atoms with Crippen molar-refractivity contribution in [1.29, 1.82) is 0 Å². The summed E-state index contributed by atoms with van der Waals surface area (Å²) in [5.41, 5.74) is 0.916. The molecular weight excluding hydrogens is 457 g/mol. The van der Waals surface area contributed by atoms with Gasteiger partial charge in [0, 0.05) is 27.9 Å². The molecule has 31 heavy (non-hydrogen) atoms. The minimum Gasteiger partial charge on any atom is -0.481 e. The molecule has 2 aliphatic rings. The van der Waals surface area contributed by atoms with E-state index in [1.807, 2.05) is 23.5 Å². The second kappa shape index (κ2) is 11.9. The van der Waals surface area contributed by atoms with E-state index in [1.54, 1.807) is 9.81 Å². The van der Waals surface area contributed by atoms with E-state index in [0.29, 0.717) is 10.8 Å². The predicted molar refractivity (Wildman–Crippen MR) is 152 cm³/mol. The van der Waals surface area contributed by atoms with Crippen molar-refractivity contribution in [2.24, 2.45) is 16.2 Å². The third kappa shape index (κ3) is 12.1. The van der Waals surface area contributed by atoms with E-state index in [2.05, 4.69) is 107 Å². The monoisotopic (exact) mass is 504 g/mol. The van der Waals surface area contributed by atoms with E-state index in [9.17, 15) is 0 Å². The van der Waals surface area contributed by atoms with Crippen LogP contribution in [-0.2, 0) is 4.74 Å². The van der Waals surface area contributed by atoms with Crippen LogP contribution in [0.5, 0.6) is 0 Å². The fourth-order valence-electron chi connectivity index (χ4n) is 3.04. The van der Waals surface area contributed by atoms with Gasteiger partial charge in [-0.2, -0.15) is 0 Å². The minimum atomic E-state index is -0.0866. The van der Waals surface area contributed by atoms with E-state index in [4.69, 9.17) is 4.74 Å². The van der Waals surface area contributed by atoms with Gasteiger partial charge >= 0.3 is 0 Å². The van der Waals surface area contributed by atoms with Crippen LogP contribution in [-0.4, -0.2) is 28.6 Å². The van der Waals surface area contributed by atoms with Gasteiger partial charge in [0.05, 0.1) is 0 Å². The van der Waals surface area contributed by atoms with Crippen LogP contribution in [0.4, 0.5) is 0 Å². The Morgan fingerprint density at radius 1 is 0.613 bits per heavy atom. The molecule has 5 heteroatoms. The van der Waals surface area contributed by atoms with Crippen LogP contribution < -0.4 is 0 Å². The molecule has 0 N–H and O–H groups in total. The van der Waals surface area contributed by atoms with Gasteiger partial charge in [0.25, 0.3) is 0 Å². The summed E-state index contributed by atoms with van der Waals surface area (Å²) < 4.78 is 6.04. The second-order valence-corrected chi connectivity index (χ2v) is 17.0. The summed E-state index contributed by atoms with van der Waals surface area (Å²) in [5, 5.41) is 1.14. The molecule has 0 amide bonds. The summed E-state index contributed by atoms with van der Waals surface area (Å²) in [4.78, 5) is 4.72. The van der Waals surface area contributed by atoms with Gasteiger partial charge < -0.3 is 4.74 Å². The number of rotatable bonds is 3. The van der Waals surface area contributed by atoms with Crippen LogP contribution in [0.3, 0.4) is 0 Å². The van der Waals surface area contributed by atoms with E-state index >= 15 is 0 Å². The zero-order valence-electron chi connectivity index (χ0n) is 22.3. The van der Waals surface area contributed by atoms with Crippen LogP contribution >= 0.6 is 47.0 Å². The Hall–Kier alpha value is 0.680. The molecule has 0 saturated heterocycles. The van der Waals surface area contributed by atoms with E-state index in [1.165, 1.54) is 35.0 Å². The summed E-state index contributed by atoms with van der Waals surface area (Å²) in [6.07, 6.45) is 2.57. The number of allylic oxidation sites excluding steroid dienone is 3. The molecule has 0 aromatic rings. The first kappa shape index (κ1) is 29.7. The summed E-state index contributed by atoms with van der Waals surface area (Å²) in [5.74, 6) is 4.95. The first-order valence-electron chi connectivity index (χ1n) is 11.6. The highest BCUT2D eigenvalue weighted by Crippen LogP contribution is 2.47. The van der Waals surface area contributed by atoms with Crippen molar-refractivity contribution in [2.45, 2.75) is 102 Å². The number of hydrogen-bond acceptors (Lipinski definition) is 5. The van der Waals surface area contributed by atoms with Crippen LogP contribution in [0.15, 0.2) is 19.8 Å². The van der Waals surface area contributed by atoms with E-state index < -0.39 is 0 Å². The van der Waals surface area contributed by atoms with Gasteiger partial charge in [-0.25, -0.2) is 0 Å². The van der Waals surface area contributed by atoms with Gasteiger partial charge in [-0.3, -0.25) is 0 Å². The van der Waals surface area contributed by atoms with E-state index in [-0.39, 0.29) is 11.0 Å². The lowest BCUT2D eigenvalue weighted by atomic mass is 9.89. The highest BCUT2D eigenvalue weighted by Gasteiger charge is 2.29. The molecule has 0 spiro atoms. The van der Waals surface area contributed by atoms with Crippen molar-refractivity contribution in [3.63, 3.8) is 0 Å². The molecule has 1 nitrogen and oxygen atoms in total. The van der Waals surface area contributed by atoms with Crippen molar-refractivity contribution in [1.82, 2.24) is 0 Å². The molecule has 0 atom stereocenters. The third-order valence-corrected chi connectivity index (χ3v) is 10.4. The average molecular weight is 505 g/mol. The van der Waals surface area contributed by atoms with Gasteiger partial charge in [0.15, 0.2) is 5.09 Å². The fourth-order valence-corrected chi connectivity index (χ4v) is 8.64. The number of ether oxygens (including phenoxy) is 1. The van der Waals surface area contributed by atoms with Crippen molar-refractivity contribution >= 4 is 47.0 Å². The van der Waals surface area contributed by atoms with Crippen molar-refractivity contribution in [2.75, 3.05) is 23.0 Å². The average Bonchev–Trinajstić information content (AvgIpc) is 2.57. The Kier molecular flexibility index (Phi) is 11.4. The van der Waals surface area contributed by atoms with Crippen molar-refractivity contribution in [3.8, 4) is 0 Å². The highest BCUT2D eigenvalue weighted by atomic mass is 32.2. The Morgan fingerprint density at radius 2 is 1.06 bits per heavy atom. The van der Waals surface area contributed by atoms with Crippen LogP contribution in [0.1, 0.15) is 95.9 Å². The highest BCUT2D eigenvalue weighted by molar-refractivity contribution is 8.10. The first-order valence-corrected chi connectivity index (χ1v) is 15.5. The largest absolute Gasteiger partial charge is 0.481 e. The molecule has 2 rings (SSSR count). The van der Waals surface area contributed by atoms with Crippen LogP contribution in [0.2, 0.25) is 0 Å². The number of thioether (sulfide) groups is 4. The molecule has 0 unspecified atom stereocenters. The van der Waals surface area contributed by atoms with Gasteiger partial charge in [0.2, 0.25) is 0 Å². The molecule has 0 aromatic heterocycles. The molecule has 0 aromatic carbocycles. The van der Waals surface area contributed by atoms with Gasteiger partial charge in [0.1, 0.15) is 5.60 Å². The summed E-state index contributed by atoms with van der Waals surface area (Å²) in [6, 6.07) is 0. The van der Waals surface area contributed by atoms with E-state index in [0.717, 1.165) is 10.8 Å². The Morgan fingerprint density at radius 3 is 1.52 bits per heavy atom. The molecule has 2 aliphatic heterocycles. The Bertz CT molecular complexity index is 634. The predicted octanol–water partition coefficient (Wildman–Crippen LogP) is 10.0. The van der Waals surface area contributed by atoms with Crippen LogP contribution in [0, 0.1) is 16.2 Å². The second-order valence-electron chi connectivity index (χ2n) is 12.5. The maximum Gasteiger partial charge on any atom is 0.164 e. The molecule has 0 saturated carbocycles. The Labute approximate surface area is 211 Å². The molecular formula is C26H48OS4. The van der Waals surface area contributed by atoms with Gasteiger partial charge in [-0.05, 0) is 59.7 Å². The molecule has 0 aliphatic carbocycles. The normalized spacial score (nSPS) is 19.2. The minimum absolute atomic E-state index is 0.0866. The zero-order chi connectivity index (χ0) is 24.1. The topological polar surface area (TPSA) is 9.23 Å². The maximum atomic E-state index is 6.04. The molecule has 182 valence electrons. The standard InChI is InChI=1S/C14H26S2.C12H22OS2/c1-13(2,3)8-7-11-12(14(4,5)6)16-10-9-15-11;1-11(2,3)9-10(13-12(4,5)6)15-8-7-14-9/h7-10H2,1-6H3;7-8H2,1-6H3. The van der Waals surface area contributed by atoms with Crippen molar-refractivity contribution in [3.05, 3.63) is 19.8 Å². The SMILES string of the molecule is CC(C)(C)CCC1=C(C(C)(C)C)SCCS1.CC(C)(C)OC1=C(C(C)(C)C)SCCS1.